The molecule has 0 saturated carbocycles. The number of benzene rings is 2. The summed E-state index contributed by atoms with van der Waals surface area (Å²) < 4.78 is 1.60. The van der Waals surface area contributed by atoms with Gasteiger partial charge in [-0.1, -0.05) is 30.3 Å². The van der Waals surface area contributed by atoms with Crippen LogP contribution in [0.15, 0.2) is 78.0 Å². The number of aliphatic imine (C=N–C) groups is 1. The molecule has 7 nitrogen and oxygen atoms in total. The molecule has 1 aliphatic heterocycles. The summed E-state index contributed by atoms with van der Waals surface area (Å²) in [6, 6.07) is 19.8. The average Bonchev–Trinajstić information content (AvgIpc) is 3.31. The number of rotatable bonds is 6. The normalized spacial score (nSPS) is 14.3. The number of piperidine rings is 1. The molecule has 0 aliphatic carbocycles. The van der Waals surface area contributed by atoms with Crippen molar-refractivity contribution in [1.29, 1.82) is 0 Å². The van der Waals surface area contributed by atoms with Gasteiger partial charge in [0.05, 0.1) is 6.54 Å². The van der Waals surface area contributed by atoms with E-state index in [1.165, 1.54) is 19.3 Å². The third kappa shape index (κ3) is 6.18. The molecule has 4 rings (SSSR count). The molecule has 2 aromatic carbocycles. The Morgan fingerprint density at radius 3 is 2.52 bits per heavy atom. The number of likely N-dealkylation sites (tertiary alicyclic amines) is 1. The van der Waals surface area contributed by atoms with Gasteiger partial charge < -0.3 is 15.5 Å². The van der Waals surface area contributed by atoms with Crippen LogP contribution in [-0.2, 0) is 17.9 Å². The average molecular weight is 417 g/mol. The van der Waals surface area contributed by atoms with Crippen molar-refractivity contribution < 1.29 is 4.79 Å². The maximum atomic E-state index is 12.3. The summed E-state index contributed by atoms with van der Waals surface area (Å²) in [5.41, 5.74) is 2.84. The van der Waals surface area contributed by atoms with Crippen molar-refractivity contribution in [3.05, 3.63) is 78.6 Å². The van der Waals surface area contributed by atoms with E-state index in [-0.39, 0.29) is 12.5 Å². The smallest absolute Gasteiger partial charge is 0.246 e. The van der Waals surface area contributed by atoms with E-state index in [9.17, 15) is 4.79 Å². The highest BCUT2D eigenvalue weighted by atomic mass is 16.2. The summed E-state index contributed by atoms with van der Waals surface area (Å²) >= 11 is 0. The van der Waals surface area contributed by atoms with Gasteiger partial charge in [0.1, 0.15) is 6.54 Å². The Morgan fingerprint density at radius 1 is 0.935 bits per heavy atom. The minimum absolute atomic E-state index is 0.107. The van der Waals surface area contributed by atoms with Crippen LogP contribution >= 0.6 is 0 Å². The third-order valence-electron chi connectivity index (χ3n) is 5.17. The number of para-hydroxylation sites is 1. The fourth-order valence-corrected chi connectivity index (χ4v) is 3.63. The van der Waals surface area contributed by atoms with E-state index in [2.05, 4.69) is 32.8 Å². The summed E-state index contributed by atoms with van der Waals surface area (Å²) in [5.74, 6) is 0.795. The molecule has 2 heterocycles. The van der Waals surface area contributed by atoms with Gasteiger partial charge in [-0.3, -0.25) is 9.48 Å². The van der Waals surface area contributed by atoms with Crippen LogP contribution in [0.2, 0.25) is 0 Å². The molecule has 1 aromatic heterocycles. The number of aromatic nitrogens is 2. The zero-order chi connectivity index (χ0) is 21.3. The molecule has 1 saturated heterocycles. The molecule has 0 unspecified atom stereocenters. The molecule has 1 aliphatic rings. The van der Waals surface area contributed by atoms with Crippen LogP contribution in [0.1, 0.15) is 24.8 Å². The van der Waals surface area contributed by atoms with Gasteiger partial charge in [0.25, 0.3) is 0 Å². The minimum Gasteiger partial charge on any atom is -0.343 e. The Bertz CT molecular complexity index is 994. The number of guanidine groups is 1. The number of anilines is 2. The highest BCUT2D eigenvalue weighted by Crippen LogP contribution is 2.15. The first-order chi connectivity index (χ1) is 15.3. The van der Waals surface area contributed by atoms with Crippen molar-refractivity contribution in [3.8, 4) is 0 Å². The quantitative estimate of drug-likeness (QED) is 0.471. The van der Waals surface area contributed by atoms with Crippen LogP contribution in [0.25, 0.3) is 0 Å². The molecular formula is C24H28N6O. The maximum absolute atomic E-state index is 12.3. The van der Waals surface area contributed by atoms with E-state index >= 15 is 0 Å². The van der Waals surface area contributed by atoms with Gasteiger partial charge in [0.15, 0.2) is 5.96 Å². The largest absolute Gasteiger partial charge is 0.343 e. The topological polar surface area (TPSA) is 74.5 Å². The first-order valence-corrected chi connectivity index (χ1v) is 10.7. The monoisotopic (exact) mass is 416 g/mol. The van der Waals surface area contributed by atoms with Crippen molar-refractivity contribution in [3.63, 3.8) is 0 Å². The van der Waals surface area contributed by atoms with Gasteiger partial charge in [-0.05, 0) is 55.2 Å². The predicted octanol–water partition coefficient (Wildman–Crippen LogP) is 3.98. The van der Waals surface area contributed by atoms with Crippen molar-refractivity contribution in [2.75, 3.05) is 23.7 Å². The van der Waals surface area contributed by atoms with Gasteiger partial charge >= 0.3 is 0 Å². The Hall–Kier alpha value is -3.61. The number of carbonyl (C=O) groups is 1. The van der Waals surface area contributed by atoms with Crippen LogP contribution in [0.4, 0.5) is 11.4 Å². The first-order valence-electron chi connectivity index (χ1n) is 10.7. The molecule has 2 N–H and O–H groups in total. The standard InChI is InChI=1S/C24H28N6O/c31-23(19-30-16-8-13-26-30)27-22-12-7-9-20(17-22)18-25-24(29-14-5-2-6-15-29)28-21-10-3-1-4-11-21/h1,3-4,7-13,16-17H,2,5-6,14-15,18-19H2,(H,25,28)(H,27,31). The molecule has 3 aromatic rings. The van der Waals surface area contributed by atoms with Gasteiger partial charge in [-0.2, -0.15) is 5.10 Å². The molecule has 0 spiro atoms. The molecule has 0 radical (unpaired) electrons. The van der Waals surface area contributed by atoms with Crippen LogP contribution in [0.5, 0.6) is 0 Å². The van der Waals surface area contributed by atoms with Crippen molar-refractivity contribution in [2.24, 2.45) is 4.99 Å². The van der Waals surface area contributed by atoms with Gasteiger partial charge in [0, 0.05) is 36.9 Å². The predicted molar refractivity (Wildman–Crippen MR) is 124 cm³/mol. The number of nitrogens with one attached hydrogen (secondary N) is 2. The lowest BCUT2D eigenvalue weighted by molar-refractivity contribution is -0.116. The van der Waals surface area contributed by atoms with Gasteiger partial charge in [-0.25, -0.2) is 4.99 Å². The van der Waals surface area contributed by atoms with E-state index in [1.807, 2.05) is 42.5 Å². The van der Waals surface area contributed by atoms with Crippen LogP contribution < -0.4 is 10.6 Å². The van der Waals surface area contributed by atoms with E-state index in [4.69, 9.17) is 4.99 Å². The number of nitrogens with zero attached hydrogens (tertiary/aromatic N) is 4. The van der Waals surface area contributed by atoms with Crippen LogP contribution in [-0.4, -0.2) is 39.6 Å². The number of amides is 1. The lowest BCUT2D eigenvalue weighted by Gasteiger charge is -2.30. The lowest BCUT2D eigenvalue weighted by Crippen LogP contribution is -2.40. The number of carbonyl (C=O) groups excluding carboxylic acids is 1. The molecule has 1 amide bonds. The summed E-state index contributed by atoms with van der Waals surface area (Å²) in [4.78, 5) is 19.5. The van der Waals surface area contributed by atoms with Gasteiger partial charge in [0.2, 0.25) is 5.91 Å². The molecule has 1 fully saturated rings. The molecule has 0 atom stereocenters. The molecule has 0 bridgehead atoms. The molecule has 31 heavy (non-hydrogen) atoms. The highest BCUT2D eigenvalue weighted by molar-refractivity contribution is 5.93. The Balaban J connectivity index is 1.43. The molecular weight excluding hydrogens is 388 g/mol. The second-order valence-electron chi connectivity index (χ2n) is 7.63. The minimum atomic E-state index is -0.107. The molecule has 160 valence electrons. The van der Waals surface area contributed by atoms with E-state index in [1.54, 1.807) is 23.1 Å². The first kappa shape index (κ1) is 20.7. The molecule has 7 heteroatoms. The highest BCUT2D eigenvalue weighted by Gasteiger charge is 2.15. The zero-order valence-corrected chi connectivity index (χ0v) is 17.6. The van der Waals surface area contributed by atoms with Crippen LogP contribution in [0.3, 0.4) is 0 Å². The third-order valence-corrected chi connectivity index (χ3v) is 5.17. The maximum Gasteiger partial charge on any atom is 0.246 e. The van der Waals surface area contributed by atoms with Crippen molar-refractivity contribution in [1.82, 2.24) is 14.7 Å². The fraction of sp³-hybridized carbons (Fsp3) is 0.292. The van der Waals surface area contributed by atoms with E-state index in [0.29, 0.717) is 6.54 Å². The van der Waals surface area contributed by atoms with Crippen LogP contribution in [0, 0.1) is 0 Å². The van der Waals surface area contributed by atoms with E-state index in [0.717, 1.165) is 36.0 Å². The Morgan fingerprint density at radius 2 is 1.74 bits per heavy atom. The summed E-state index contributed by atoms with van der Waals surface area (Å²) in [6.45, 7) is 2.76. The number of hydrogen-bond acceptors (Lipinski definition) is 3. The second kappa shape index (κ2) is 10.4. The second-order valence-corrected chi connectivity index (χ2v) is 7.63. The summed E-state index contributed by atoms with van der Waals surface area (Å²) in [6.07, 6.45) is 7.08. The lowest BCUT2D eigenvalue weighted by atomic mass is 10.1. The Kier molecular flexibility index (Phi) is 6.95. The Labute approximate surface area is 182 Å². The fourth-order valence-electron chi connectivity index (χ4n) is 3.63. The zero-order valence-electron chi connectivity index (χ0n) is 17.6. The van der Waals surface area contributed by atoms with Gasteiger partial charge in [-0.15, -0.1) is 0 Å². The summed E-state index contributed by atoms with van der Waals surface area (Å²) in [5, 5.41) is 10.5. The van der Waals surface area contributed by atoms with Crippen molar-refractivity contribution in [2.45, 2.75) is 32.4 Å². The summed E-state index contributed by atoms with van der Waals surface area (Å²) in [7, 11) is 0. The number of hydrogen-bond donors (Lipinski definition) is 2. The SMILES string of the molecule is O=C(Cn1cccn1)Nc1cccc(CN=C(Nc2ccccc2)N2CCCCC2)c1. The van der Waals surface area contributed by atoms with Crippen molar-refractivity contribution >= 4 is 23.2 Å². The van der Waals surface area contributed by atoms with E-state index < -0.39 is 0 Å².